The summed E-state index contributed by atoms with van der Waals surface area (Å²) in [6.45, 7) is 4.33. The van der Waals surface area contributed by atoms with E-state index in [0.717, 1.165) is 12.0 Å². The van der Waals surface area contributed by atoms with Gasteiger partial charge in [-0.25, -0.2) is 0 Å². The SMILES string of the molecule is COc1ccc(OC)c(CC(=O)N2CC3(CC(CC(=O)N4CCOCC4)CO3)C2)c1. The first-order valence-electron chi connectivity index (χ1n) is 10.5. The van der Waals surface area contributed by atoms with Crippen LogP contribution in [-0.4, -0.2) is 87.4 Å². The van der Waals surface area contributed by atoms with Gasteiger partial charge in [-0.15, -0.1) is 0 Å². The topological polar surface area (TPSA) is 77.5 Å². The summed E-state index contributed by atoms with van der Waals surface area (Å²) in [6, 6.07) is 5.47. The van der Waals surface area contributed by atoms with Crippen LogP contribution in [0, 0.1) is 5.92 Å². The Morgan fingerprint density at radius 2 is 1.87 bits per heavy atom. The van der Waals surface area contributed by atoms with Crippen molar-refractivity contribution in [2.75, 3.05) is 60.2 Å². The molecule has 8 heteroatoms. The fourth-order valence-electron chi connectivity index (χ4n) is 4.60. The number of nitrogens with zero attached hydrogens (tertiary/aromatic N) is 2. The molecule has 0 aliphatic carbocycles. The number of likely N-dealkylation sites (tertiary alicyclic amines) is 1. The lowest BCUT2D eigenvalue weighted by Crippen LogP contribution is -2.63. The second-order valence-electron chi connectivity index (χ2n) is 8.37. The summed E-state index contributed by atoms with van der Waals surface area (Å²) in [7, 11) is 3.20. The van der Waals surface area contributed by atoms with E-state index in [1.165, 1.54) is 0 Å². The van der Waals surface area contributed by atoms with E-state index >= 15 is 0 Å². The zero-order chi connectivity index (χ0) is 21.1. The number of ether oxygens (including phenoxy) is 4. The second-order valence-corrected chi connectivity index (χ2v) is 8.37. The summed E-state index contributed by atoms with van der Waals surface area (Å²) in [5, 5.41) is 0. The summed E-state index contributed by atoms with van der Waals surface area (Å²) in [5.74, 6) is 1.82. The predicted octanol–water partition coefficient (Wildman–Crippen LogP) is 1.11. The van der Waals surface area contributed by atoms with Gasteiger partial charge in [-0.05, 0) is 30.5 Å². The first-order chi connectivity index (χ1) is 14.5. The number of hydrogen-bond acceptors (Lipinski definition) is 6. The lowest BCUT2D eigenvalue weighted by Gasteiger charge is -2.47. The van der Waals surface area contributed by atoms with E-state index < -0.39 is 0 Å². The summed E-state index contributed by atoms with van der Waals surface area (Å²) in [4.78, 5) is 29.0. The monoisotopic (exact) mass is 418 g/mol. The molecule has 0 saturated carbocycles. The predicted molar refractivity (Wildman–Crippen MR) is 109 cm³/mol. The van der Waals surface area contributed by atoms with Gasteiger partial charge in [-0.1, -0.05) is 0 Å². The summed E-state index contributed by atoms with van der Waals surface area (Å²) in [6.07, 6.45) is 1.60. The Kier molecular flexibility index (Phi) is 6.15. The van der Waals surface area contributed by atoms with E-state index in [2.05, 4.69) is 0 Å². The maximum absolute atomic E-state index is 12.8. The van der Waals surface area contributed by atoms with Crippen molar-refractivity contribution in [3.63, 3.8) is 0 Å². The Hall–Kier alpha value is -2.32. The van der Waals surface area contributed by atoms with Gasteiger partial charge in [0.05, 0.1) is 53.6 Å². The number of methoxy groups -OCH3 is 2. The van der Waals surface area contributed by atoms with Crippen molar-refractivity contribution in [1.82, 2.24) is 9.80 Å². The van der Waals surface area contributed by atoms with Gasteiger partial charge >= 0.3 is 0 Å². The van der Waals surface area contributed by atoms with E-state index in [4.69, 9.17) is 18.9 Å². The standard InChI is InChI=1S/C22H30N2O6/c1-27-18-3-4-19(28-2)17(10-18)11-21(26)24-14-22(15-24)12-16(13-30-22)9-20(25)23-5-7-29-8-6-23/h3-4,10,16H,5-9,11-15H2,1-2H3. The molecular formula is C22H30N2O6. The van der Waals surface area contributed by atoms with E-state index in [1.54, 1.807) is 14.2 Å². The normalized spacial score (nSPS) is 22.7. The van der Waals surface area contributed by atoms with Crippen LogP contribution in [-0.2, 0) is 25.5 Å². The molecule has 1 spiro atoms. The summed E-state index contributed by atoms with van der Waals surface area (Å²) >= 11 is 0. The molecule has 0 aromatic heterocycles. The van der Waals surface area contributed by atoms with Crippen LogP contribution in [0.15, 0.2) is 18.2 Å². The third-order valence-electron chi connectivity index (χ3n) is 6.25. The molecule has 3 aliphatic heterocycles. The number of benzene rings is 1. The van der Waals surface area contributed by atoms with Crippen molar-refractivity contribution < 1.29 is 28.5 Å². The van der Waals surface area contributed by atoms with E-state index in [-0.39, 0.29) is 29.8 Å². The molecular weight excluding hydrogens is 388 g/mol. The molecule has 0 radical (unpaired) electrons. The molecule has 1 aromatic carbocycles. The van der Waals surface area contributed by atoms with E-state index in [0.29, 0.717) is 63.9 Å². The fraction of sp³-hybridized carbons (Fsp3) is 0.636. The zero-order valence-corrected chi connectivity index (χ0v) is 17.7. The molecule has 2 amide bonds. The van der Waals surface area contributed by atoms with Crippen molar-refractivity contribution in [3.8, 4) is 11.5 Å². The van der Waals surface area contributed by atoms with Gasteiger partial charge in [0.15, 0.2) is 0 Å². The molecule has 8 nitrogen and oxygen atoms in total. The van der Waals surface area contributed by atoms with Crippen LogP contribution in [0.3, 0.4) is 0 Å². The highest BCUT2D eigenvalue weighted by Crippen LogP contribution is 2.39. The lowest BCUT2D eigenvalue weighted by atomic mass is 9.85. The average Bonchev–Trinajstić information content (AvgIpc) is 3.17. The highest BCUT2D eigenvalue weighted by molar-refractivity contribution is 5.81. The Bertz CT molecular complexity index is 786. The molecule has 3 aliphatic rings. The van der Waals surface area contributed by atoms with Gasteiger partial charge in [-0.2, -0.15) is 0 Å². The van der Waals surface area contributed by atoms with Gasteiger partial charge in [0.1, 0.15) is 17.1 Å². The first kappa shape index (κ1) is 20.9. The Morgan fingerprint density at radius 1 is 1.10 bits per heavy atom. The highest BCUT2D eigenvalue weighted by Gasteiger charge is 2.51. The second kappa shape index (κ2) is 8.81. The molecule has 30 heavy (non-hydrogen) atoms. The van der Waals surface area contributed by atoms with Crippen molar-refractivity contribution in [2.24, 2.45) is 5.92 Å². The molecule has 1 aromatic rings. The van der Waals surface area contributed by atoms with Crippen LogP contribution in [0.1, 0.15) is 18.4 Å². The smallest absolute Gasteiger partial charge is 0.227 e. The number of carbonyl (C=O) groups excluding carboxylic acids is 2. The van der Waals surface area contributed by atoms with Crippen LogP contribution in [0.4, 0.5) is 0 Å². The van der Waals surface area contributed by atoms with Gasteiger partial charge in [0, 0.05) is 25.1 Å². The Morgan fingerprint density at radius 3 is 2.57 bits per heavy atom. The maximum atomic E-state index is 12.8. The molecule has 3 fully saturated rings. The third-order valence-corrected chi connectivity index (χ3v) is 6.25. The van der Waals surface area contributed by atoms with Crippen LogP contribution in [0.2, 0.25) is 0 Å². The molecule has 3 saturated heterocycles. The maximum Gasteiger partial charge on any atom is 0.227 e. The van der Waals surface area contributed by atoms with Crippen LogP contribution >= 0.6 is 0 Å². The number of morpholine rings is 1. The molecule has 0 N–H and O–H groups in total. The van der Waals surface area contributed by atoms with Gasteiger partial charge in [0.2, 0.25) is 11.8 Å². The van der Waals surface area contributed by atoms with Gasteiger partial charge in [-0.3, -0.25) is 9.59 Å². The van der Waals surface area contributed by atoms with Crippen LogP contribution < -0.4 is 9.47 Å². The van der Waals surface area contributed by atoms with Gasteiger partial charge < -0.3 is 28.7 Å². The average molecular weight is 418 g/mol. The molecule has 3 heterocycles. The number of rotatable bonds is 6. The quantitative estimate of drug-likeness (QED) is 0.689. The number of carbonyl (C=O) groups is 2. The third kappa shape index (κ3) is 4.39. The molecule has 4 rings (SSSR count). The van der Waals surface area contributed by atoms with Crippen LogP contribution in [0.5, 0.6) is 11.5 Å². The fourth-order valence-corrected chi connectivity index (χ4v) is 4.60. The minimum absolute atomic E-state index is 0.0450. The van der Waals surface area contributed by atoms with Crippen molar-refractivity contribution in [1.29, 1.82) is 0 Å². The zero-order valence-electron chi connectivity index (χ0n) is 17.7. The minimum Gasteiger partial charge on any atom is -0.497 e. The lowest BCUT2D eigenvalue weighted by molar-refractivity contribution is -0.157. The molecule has 164 valence electrons. The van der Waals surface area contributed by atoms with Crippen molar-refractivity contribution in [3.05, 3.63) is 23.8 Å². The molecule has 0 bridgehead atoms. The molecule has 1 atom stereocenters. The molecule has 1 unspecified atom stereocenters. The summed E-state index contributed by atoms with van der Waals surface area (Å²) < 4.78 is 22.0. The Balaban J connectivity index is 1.27. The minimum atomic E-state index is -0.288. The first-order valence-corrected chi connectivity index (χ1v) is 10.5. The van der Waals surface area contributed by atoms with Crippen molar-refractivity contribution >= 4 is 11.8 Å². The Labute approximate surface area is 177 Å². The number of hydrogen-bond donors (Lipinski definition) is 0. The van der Waals surface area contributed by atoms with E-state index in [9.17, 15) is 9.59 Å². The summed E-state index contributed by atoms with van der Waals surface area (Å²) in [5.41, 5.74) is 0.522. The van der Waals surface area contributed by atoms with E-state index in [1.807, 2.05) is 28.0 Å². The number of amides is 2. The highest BCUT2D eigenvalue weighted by atomic mass is 16.5. The largest absolute Gasteiger partial charge is 0.497 e. The van der Waals surface area contributed by atoms with Gasteiger partial charge in [0.25, 0.3) is 0 Å². The van der Waals surface area contributed by atoms with Crippen LogP contribution in [0.25, 0.3) is 0 Å². The van der Waals surface area contributed by atoms with Crippen molar-refractivity contribution in [2.45, 2.75) is 24.9 Å².